The minimum Gasteiger partial charge on any atom is -0.361 e. The van der Waals surface area contributed by atoms with Gasteiger partial charge in [-0.25, -0.2) is 4.98 Å². The van der Waals surface area contributed by atoms with Crippen LogP contribution in [0.4, 0.5) is 0 Å². The first-order valence-electron chi connectivity index (χ1n) is 7.98. The van der Waals surface area contributed by atoms with Gasteiger partial charge in [-0.1, -0.05) is 30.3 Å². The number of alkyl halides is 1. The Hall–Kier alpha value is -1.36. The molecule has 2 aromatic rings. The van der Waals surface area contributed by atoms with Crippen molar-refractivity contribution in [3.8, 4) is 0 Å². The van der Waals surface area contributed by atoms with Crippen molar-refractivity contribution in [2.24, 2.45) is 7.05 Å². The van der Waals surface area contributed by atoms with Crippen molar-refractivity contribution < 1.29 is 4.74 Å². The quantitative estimate of drug-likeness (QED) is 0.659. The Balaban J connectivity index is 2.42. The second-order valence-electron chi connectivity index (χ2n) is 6.00. The minimum absolute atomic E-state index is 0.565. The maximum absolute atomic E-state index is 6.47. The van der Waals surface area contributed by atoms with E-state index in [-0.39, 0.29) is 0 Å². The predicted molar refractivity (Wildman–Crippen MR) is 94.9 cm³/mol. The molecule has 0 spiro atoms. The molecular formula is C18H26ClN3O. The van der Waals surface area contributed by atoms with Crippen LogP contribution in [0.25, 0.3) is 0 Å². The zero-order chi connectivity index (χ0) is 16.7. The Bertz CT molecular complexity index is 585. The molecule has 0 aliphatic heterocycles. The highest BCUT2D eigenvalue weighted by atomic mass is 35.5. The van der Waals surface area contributed by atoms with Crippen molar-refractivity contribution >= 4 is 11.6 Å². The molecule has 0 N–H and O–H groups in total. The number of ether oxygens (including phenoxy) is 1. The lowest BCUT2D eigenvalue weighted by Gasteiger charge is -2.34. The molecule has 1 unspecified atom stereocenters. The monoisotopic (exact) mass is 335 g/mol. The van der Waals surface area contributed by atoms with Gasteiger partial charge in [0, 0.05) is 31.9 Å². The summed E-state index contributed by atoms with van der Waals surface area (Å²) in [4.78, 5) is 6.72. The van der Waals surface area contributed by atoms with E-state index in [1.54, 1.807) is 0 Å². The summed E-state index contributed by atoms with van der Waals surface area (Å²) in [7, 11) is 6.11. The topological polar surface area (TPSA) is 30.3 Å². The standard InChI is InChI=1S/C18H26ClN3O/c1-21(2)14-15-23-18(10-7-11-19,16-8-5-4-6-9-16)17-20-12-13-22(17)3/h4-6,8-9,12-13H,7,10-11,14-15H2,1-3H3. The third kappa shape index (κ3) is 4.34. The zero-order valence-corrected chi connectivity index (χ0v) is 15.0. The molecule has 5 heteroatoms. The lowest BCUT2D eigenvalue weighted by Crippen LogP contribution is -2.36. The van der Waals surface area contributed by atoms with Crippen molar-refractivity contribution in [2.45, 2.75) is 18.4 Å². The highest BCUT2D eigenvalue weighted by molar-refractivity contribution is 6.17. The van der Waals surface area contributed by atoms with E-state index in [0.717, 1.165) is 30.8 Å². The van der Waals surface area contributed by atoms with Crippen molar-refractivity contribution in [1.29, 1.82) is 0 Å². The molecular weight excluding hydrogens is 310 g/mol. The van der Waals surface area contributed by atoms with E-state index in [0.29, 0.717) is 12.5 Å². The van der Waals surface area contributed by atoms with Gasteiger partial charge in [-0.2, -0.15) is 0 Å². The van der Waals surface area contributed by atoms with Crippen molar-refractivity contribution in [3.63, 3.8) is 0 Å². The lowest BCUT2D eigenvalue weighted by molar-refractivity contribution is -0.0381. The van der Waals surface area contributed by atoms with Crippen LogP contribution in [0.5, 0.6) is 0 Å². The van der Waals surface area contributed by atoms with E-state index >= 15 is 0 Å². The van der Waals surface area contributed by atoms with Gasteiger partial charge in [0.2, 0.25) is 0 Å². The minimum atomic E-state index is -0.565. The molecule has 0 saturated carbocycles. The molecule has 1 aromatic carbocycles. The van der Waals surface area contributed by atoms with E-state index < -0.39 is 5.60 Å². The molecule has 0 fully saturated rings. The highest BCUT2D eigenvalue weighted by Gasteiger charge is 2.38. The van der Waals surface area contributed by atoms with Gasteiger partial charge in [-0.05, 0) is 32.5 Å². The van der Waals surface area contributed by atoms with E-state index in [1.807, 2.05) is 56.3 Å². The second-order valence-corrected chi connectivity index (χ2v) is 6.38. The number of imidazole rings is 1. The van der Waals surface area contributed by atoms with Crippen molar-refractivity contribution in [1.82, 2.24) is 14.5 Å². The first-order valence-corrected chi connectivity index (χ1v) is 8.51. The summed E-state index contributed by atoms with van der Waals surface area (Å²) in [6, 6.07) is 10.3. The fourth-order valence-electron chi connectivity index (χ4n) is 2.79. The maximum Gasteiger partial charge on any atom is 0.151 e. The summed E-state index contributed by atoms with van der Waals surface area (Å²) in [6.45, 7) is 1.50. The van der Waals surface area contributed by atoms with Gasteiger partial charge >= 0.3 is 0 Å². The molecule has 0 aliphatic rings. The number of hydrogen-bond acceptors (Lipinski definition) is 3. The van der Waals surface area contributed by atoms with Crippen LogP contribution < -0.4 is 0 Å². The number of hydrogen-bond donors (Lipinski definition) is 0. The number of aryl methyl sites for hydroxylation is 1. The summed E-state index contributed by atoms with van der Waals surface area (Å²) < 4.78 is 8.51. The molecule has 126 valence electrons. The van der Waals surface area contributed by atoms with E-state index in [4.69, 9.17) is 16.3 Å². The summed E-state index contributed by atoms with van der Waals surface area (Å²) in [5.41, 5.74) is 0.558. The summed E-state index contributed by atoms with van der Waals surface area (Å²) >= 11 is 5.99. The summed E-state index contributed by atoms with van der Waals surface area (Å²) in [5, 5.41) is 0. The van der Waals surface area contributed by atoms with Crippen LogP contribution in [0.2, 0.25) is 0 Å². The highest BCUT2D eigenvalue weighted by Crippen LogP contribution is 2.37. The molecule has 4 nitrogen and oxygen atoms in total. The maximum atomic E-state index is 6.47. The number of nitrogens with zero attached hydrogens (tertiary/aromatic N) is 3. The smallest absolute Gasteiger partial charge is 0.151 e. The zero-order valence-electron chi connectivity index (χ0n) is 14.2. The van der Waals surface area contributed by atoms with Crippen LogP contribution in [0.1, 0.15) is 24.2 Å². The van der Waals surface area contributed by atoms with Crippen molar-refractivity contribution in [2.75, 3.05) is 33.1 Å². The van der Waals surface area contributed by atoms with E-state index in [2.05, 4.69) is 22.0 Å². The van der Waals surface area contributed by atoms with Gasteiger partial charge in [0.05, 0.1) is 6.61 Å². The first-order chi connectivity index (χ1) is 11.1. The summed E-state index contributed by atoms with van der Waals surface area (Å²) in [6.07, 6.45) is 5.45. The third-order valence-corrected chi connectivity index (χ3v) is 4.24. The predicted octanol–water partition coefficient (Wildman–Crippen LogP) is 3.26. The fraction of sp³-hybridized carbons (Fsp3) is 0.500. The molecule has 0 aliphatic carbocycles. The van der Waals surface area contributed by atoms with Crippen LogP contribution in [-0.2, 0) is 17.4 Å². The van der Waals surface area contributed by atoms with Crippen LogP contribution in [0, 0.1) is 0 Å². The summed E-state index contributed by atoms with van der Waals surface area (Å²) in [5.74, 6) is 1.53. The first kappa shape index (κ1) is 18.0. The second kappa shape index (κ2) is 8.48. The Morgan fingerprint density at radius 3 is 2.57 bits per heavy atom. The van der Waals surface area contributed by atoms with Gasteiger partial charge in [0.1, 0.15) is 5.82 Å². The number of benzene rings is 1. The molecule has 0 amide bonds. The molecule has 1 atom stereocenters. The van der Waals surface area contributed by atoms with Gasteiger partial charge in [-0.15, -0.1) is 11.6 Å². The number of aromatic nitrogens is 2. The van der Waals surface area contributed by atoms with Crippen LogP contribution in [-0.4, -0.2) is 47.6 Å². The Morgan fingerprint density at radius 2 is 2.00 bits per heavy atom. The normalized spacial score (nSPS) is 14.1. The molecule has 23 heavy (non-hydrogen) atoms. The Morgan fingerprint density at radius 1 is 1.26 bits per heavy atom. The van der Waals surface area contributed by atoms with Crippen molar-refractivity contribution in [3.05, 3.63) is 54.1 Å². The average Bonchev–Trinajstić information content (AvgIpc) is 2.98. The van der Waals surface area contributed by atoms with Gasteiger partial charge < -0.3 is 14.2 Å². The molecule has 1 heterocycles. The average molecular weight is 336 g/mol. The number of rotatable bonds is 9. The number of halogens is 1. The molecule has 0 saturated heterocycles. The van der Waals surface area contributed by atoms with Gasteiger partial charge in [-0.3, -0.25) is 0 Å². The molecule has 1 aromatic heterocycles. The third-order valence-electron chi connectivity index (χ3n) is 3.97. The molecule has 2 rings (SSSR count). The van der Waals surface area contributed by atoms with E-state index in [1.165, 1.54) is 0 Å². The lowest BCUT2D eigenvalue weighted by atomic mass is 9.88. The Kier molecular flexibility index (Phi) is 6.63. The molecule has 0 bridgehead atoms. The number of likely N-dealkylation sites (N-methyl/N-ethyl adjacent to an activating group) is 1. The van der Waals surface area contributed by atoms with Gasteiger partial charge in [0.25, 0.3) is 0 Å². The van der Waals surface area contributed by atoms with Crippen LogP contribution in [0.3, 0.4) is 0 Å². The van der Waals surface area contributed by atoms with E-state index in [9.17, 15) is 0 Å². The fourth-order valence-corrected chi connectivity index (χ4v) is 2.92. The van der Waals surface area contributed by atoms with Crippen LogP contribution in [0.15, 0.2) is 42.7 Å². The van der Waals surface area contributed by atoms with Crippen LogP contribution >= 0.6 is 11.6 Å². The van der Waals surface area contributed by atoms with Gasteiger partial charge in [0.15, 0.2) is 5.60 Å². The SMILES string of the molecule is CN(C)CCOC(CCCCl)(c1ccccc1)c1nccn1C. The Labute approximate surface area is 144 Å². The molecule has 0 radical (unpaired) electrons. The largest absolute Gasteiger partial charge is 0.361 e.